The average molecular weight is 443 g/mol. The predicted octanol–water partition coefficient (Wildman–Crippen LogP) is 3.93. The number of nitrogens with one attached hydrogen (secondary N) is 2. The van der Waals surface area contributed by atoms with Crippen LogP contribution in [-0.2, 0) is 5.75 Å². The second-order valence-electron chi connectivity index (χ2n) is 6.22. The number of fused-ring (bicyclic) bond motifs is 1. The Morgan fingerprint density at radius 1 is 1.20 bits per heavy atom. The lowest BCUT2D eigenvalue weighted by Crippen LogP contribution is -2.19. The van der Waals surface area contributed by atoms with E-state index in [1.165, 1.54) is 57.8 Å². The molecule has 0 bridgehead atoms. The summed E-state index contributed by atoms with van der Waals surface area (Å²) in [6.07, 6.45) is 1.69. The van der Waals surface area contributed by atoms with Gasteiger partial charge in [0.1, 0.15) is 11.5 Å². The topological polar surface area (TPSA) is 101 Å². The van der Waals surface area contributed by atoms with Crippen molar-refractivity contribution in [2.45, 2.75) is 17.0 Å². The molecule has 0 saturated carbocycles. The molecule has 152 valence electrons. The van der Waals surface area contributed by atoms with Gasteiger partial charge < -0.3 is 5.32 Å². The smallest absolute Gasteiger partial charge is 0.308 e. The molecule has 0 aliphatic heterocycles. The molecule has 3 heterocycles. The van der Waals surface area contributed by atoms with Gasteiger partial charge in [0.15, 0.2) is 4.34 Å². The molecule has 11 heteroatoms. The summed E-state index contributed by atoms with van der Waals surface area (Å²) in [4.78, 5) is 28.8. The zero-order valence-corrected chi connectivity index (χ0v) is 17.3. The van der Waals surface area contributed by atoms with Crippen molar-refractivity contribution >= 4 is 45.6 Å². The molecular formula is C19H15FN6O2S2. The minimum absolute atomic E-state index is 0.142. The van der Waals surface area contributed by atoms with Crippen LogP contribution in [-0.4, -0.2) is 25.6 Å². The number of carbonyl (C=O) groups is 1. The molecule has 0 aliphatic carbocycles. The lowest BCUT2D eigenvalue weighted by molar-refractivity contribution is 0.262. The molecule has 2 amide bonds. The number of anilines is 2. The van der Waals surface area contributed by atoms with E-state index < -0.39 is 6.03 Å². The molecule has 30 heavy (non-hydrogen) atoms. The lowest BCUT2D eigenvalue weighted by Gasteiger charge is -2.05. The number of aryl methyl sites for hydroxylation is 1. The number of nitrogens with zero attached hydrogens (tertiary/aromatic N) is 4. The van der Waals surface area contributed by atoms with Crippen LogP contribution in [0, 0.1) is 12.7 Å². The zero-order chi connectivity index (χ0) is 21.1. The number of urea groups is 1. The van der Waals surface area contributed by atoms with Gasteiger partial charge in [-0.2, -0.15) is 0 Å². The van der Waals surface area contributed by atoms with Crippen LogP contribution in [0.2, 0.25) is 0 Å². The Hall–Kier alpha value is -3.31. The van der Waals surface area contributed by atoms with Gasteiger partial charge in [0.05, 0.1) is 5.69 Å². The number of halogens is 1. The number of hydrogen-bond acceptors (Lipinski definition) is 7. The third kappa shape index (κ3) is 4.63. The second-order valence-corrected chi connectivity index (χ2v) is 8.42. The first-order chi connectivity index (χ1) is 14.5. The third-order valence-electron chi connectivity index (χ3n) is 4.01. The monoisotopic (exact) mass is 442 g/mol. The van der Waals surface area contributed by atoms with Crippen LogP contribution in [0.4, 0.5) is 20.0 Å². The number of carbonyl (C=O) groups excluding carboxylic acids is 1. The molecule has 3 aromatic heterocycles. The first-order valence-electron chi connectivity index (χ1n) is 8.76. The SMILES string of the molecule is Cc1cccn2c(=O)cc(CSc3nnc(NC(=O)Nc4ccc(F)cc4)s3)nc12. The van der Waals surface area contributed by atoms with Crippen molar-refractivity contribution < 1.29 is 9.18 Å². The zero-order valence-electron chi connectivity index (χ0n) is 15.6. The van der Waals surface area contributed by atoms with Crippen molar-refractivity contribution in [3.8, 4) is 0 Å². The van der Waals surface area contributed by atoms with Gasteiger partial charge >= 0.3 is 6.03 Å². The predicted molar refractivity (Wildman–Crippen MR) is 115 cm³/mol. The molecule has 0 aliphatic rings. The number of benzene rings is 1. The largest absolute Gasteiger partial charge is 0.325 e. The number of thioether (sulfide) groups is 1. The van der Waals surface area contributed by atoms with E-state index in [4.69, 9.17) is 0 Å². The van der Waals surface area contributed by atoms with E-state index in [1.807, 2.05) is 19.1 Å². The molecule has 2 N–H and O–H groups in total. The Labute approximate surface area is 178 Å². The fourth-order valence-corrected chi connectivity index (χ4v) is 4.27. The van der Waals surface area contributed by atoms with Crippen LogP contribution in [0.1, 0.15) is 11.3 Å². The van der Waals surface area contributed by atoms with Gasteiger partial charge in [-0.1, -0.05) is 29.2 Å². The molecule has 1 aromatic carbocycles. The van der Waals surface area contributed by atoms with Crippen LogP contribution >= 0.6 is 23.1 Å². The highest BCUT2D eigenvalue weighted by atomic mass is 32.2. The van der Waals surface area contributed by atoms with Crippen LogP contribution in [0.15, 0.2) is 57.8 Å². The normalized spacial score (nSPS) is 10.9. The Morgan fingerprint density at radius 2 is 2.00 bits per heavy atom. The maximum atomic E-state index is 12.9. The van der Waals surface area contributed by atoms with Crippen molar-refractivity contribution in [3.63, 3.8) is 0 Å². The van der Waals surface area contributed by atoms with Crippen LogP contribution in [0.25, 0.3) is 5.65 Å². The van der Waals surface area contributed by atoms with Gasteiger partial charge in [0, 0.05) is 23.7 Å². The summed E-state index contributed by atoms with van der Waals surface area (Å²) in [5.41, 5.74) is 2.49. The van der Waals surface area contributed by atoms with Crippen molar-refractivity contribution in [1.29, 1.82) is 0 Å². The molecule has 0 spiro atoms. The van der Waals surface area contributed by atoms with Crippen molar-refractivity contribution in [1.82, 2.24) is 19.6 Å². The molecule has 4 rings (SSSR count). The Kier molecular flexibility index (Phi) is 5.72. The number of hydrogen-bond donors (Lipinski definition) is 2. The van der Waals surface area contributed by atoms with E-state index in [-0.39, 0.29) is 11.4 Å². The van der Waals surface area contributed by atoms with E-state index in [1.54, 1.807) is 6.20 Å². The average Bonchev–Trinajstić information content (AvgIpc) is 3.16. The molecule has 0 unspecified atom stereocenters. The van der Waals surface area contributed by atoms with Crippen molar-refractivity contribution in [3.05, 3.63) is 76.1 Å². The Balaban J connectivity index is 1.38. The van der Waals surface area contributed by atoms with Gasteiger partial charge in [-0.15, -0.1) is 10.2 Å². The summed E-state index contributed by atoms with van der Waals surface area (Å²) >= 11 is 2.57. The molecule has 8 nitrogen and oxygen atoms in total. The molecule has 0 saturated heterocycles. The summed E-state index contributed by atoms with van der Waals surface area (Å²) in [5, 5.41) is 13.5. The van der Waals surface area contributed by atoms with E-state index in [9.17, 15) is 14.0 Å². The summed E-state index contributed by atoms with van der Waals surface area (Å²) in [6.45, 7) is 1.90. The number of pyridine rings is 1. The van der Waals surface area contributed by atoms with Gasteiger partial charge in [0.2, 0.25) is 5.13 Å². The van der Waals surface area contributed by atoms with Crippen LogP contribution in [0.5, 0.6) is 0 Å². The fourth-order valence-electron chi connectivity index (χ4n) is 2.63. The molecular weight excluding hydrogens is 427 g/mol. The summed E-state index contributed by atoms with van der Waals surface area (Å²) in [5.74, 6) is 0.0572. The highest BCUT2D eigenvalue weighted by Crippen LogP contribution is 2.28. The van der Waals surface area contributed by atoms with Gasteiger partial charge in [-0.05, 0) is 42.8 Å². The first kappa shape index (κ1) is 20.0. The summed E-state index contributed by atoms with van der Waals surface area (Å²) in [7, 11) is 0. The number of aromatic nitrogens is 4. The number of rotatable bonds is 5. The molecule has 4 aromatic rings. The highest BCUT2D eigenvalue weighted by molar-refractivity contribution is 8.00. The second kappa shape index (κ2) is 8.59. The number of amides is 2. The van der Waals surface area contributed by atoms with Crippen molar-refractivity contribution in [2.75, 3.05) is 10.6 Å². The van der Waals surface area contributed by atoms with E-state index in [0.717, 1.165) is 5.56 Å². The molecule has 0 radical (unpaired) electrons. The summed E-state index contributed by atoms with van der Waals surface area (Å²) in [6, 6.07) is 10.1. The van der Waals surface area contributed by atoms with E-state index >= 15 is 0 Å². The van der Waals surface area contributed by atoms with Gasteiger partial charge in [0.25, 0.3) is 5.56 Å². The lowest BCUT2D eigenvalue weighted by atomic mass is 10.3. The highest BCUT2D eigenvalue weighted by Gasteiger charge is 2.11. The van der Waals surface area contributed by atoms with Crippen LogP contribution < -0.4 is 16.2 Å². The van der Waals surface area contributed by atoms with E-state index in [0.29, 0.717) is 32.3 Å². The molecule has 0 atom stereocenters. The standard InChI is InChI=1S/C19H15FN6O2S2/c1-11-3-2-8-26-15(27)9-14(21-16(11)26)10-29-19-25-24-18(30-19)23-17(28)22-13-6-4-12(20)5-7-13/h2-9H,10H2,1H3,(H2,22,23,24,28). The Morgan fingerprint density at radius 3 is 2.80 bits per heavy atom. The van der Waals surface area contributed by atoms with Crippen molar-refractivity contribution in [2.24, 2.45) is 0 Å². The Bertz CT molecular complexity index is 1270. The third-order valence-corrected chi connectivity index (χ3v) is 6.02. The first-order valence-corrected chi connectivity index (χ1v) is 10.6. The van der Waals surface area contributed by atoms with Gasteiger partial charge in [-0.25, -0.2) is 14.2 Å². The molecule has 0 fully saturated rings. The van der Waals surface area contributed by atoms with Gasteiger partial charge in [-0.3, -0.25) is 14.5 Å². The minimum Gasteiger partial charge on any atom is -0.308 e. The maximum Gasteiger partial charge on any atom is 0.325 e. The van der Waals surface area contributed by atoms with E-state index in [2.05, 4.69) is 25.8 Å². The minimum atomic E-state index is -0.506. The summed E-state index contributed by atoms with van der Waals surface area (Å²) < 4.78 is 15.1. The fraction of sp³-hybridized carbons (Fsp3) is 0.105. The maximum absolute atomic E-state index is 12.9. The quantitative estimate of drug-likeness (QED) is 0.359. The van der Waals surface area contributed by atoms with Crippen LogP contribution in [0.3, 0.4) is 0 Å².